The van der Waals surface area contributed by atoms with Gasteiger partial charge in [-0.25, -0.2) is 0 Å². The molecule has 2 aliphatic heterocycles. The van der Waals surface area contributed by atoms with Crippen molar-refractivity contribution in [2.45, 2.75) is 79.6 Å². The lowest BCUT2D eigenvalue weighted by Crippen LogP contribution is -1.95. The van der Waals surface area contributed by atoms with Crippen LogP contribution in [-0.4, -0.2) is 12.1 Å². The molecule has 2 nitrogen and oxygen atoms in total. The molecule has 2 aliphatic rings. The van der Waals surface area contributed by atoms with Gasteiger partial charge < -0.3 is 10.6 Å². The molecule has 2 heteroatoms. The van der Waals surface area contributed by atoms with Gasteiger partial charge in [-0.15, -0.1) is 0 Å². The van der Waals surface area contributed by atoms with E-state index in [2.05, 4.69) is 90.3 Å². The first-order valence-corrected chi connectivity index (χ1v) is 9.86. The van der Waals surface area contributed by atoms with Crippen LogP contribution in [0.15, 0.2) is 24.3 Å². The van der Waals surface area contributed by atoms with E-state index in [1.54, 1.807) is 0 Å². The number of aryl methyl sites for hydroxylation is 6. The third kappa shape index (κ3) is 4.02. The number of benzene rings is 2. The zero-order chi connectivity index (χ0) is 19.2. The molecule has 0 aliphatic carbocycles. The van der Waals surface area contributed by atoms with Crippen molar-refractivity contribution < 1.29 is 0 Å². The van der Waals surface area contributed by atoms with Crippen molar-refractivity contribution in [1.82, 2.24) is 10.6 Å². The molecule has 0 spiro atoms. The van der Waals surface area contributed by atoms with Gasteiger partial charge in [0, 0.05) is 24.2 Å². The molecule has 26 heavy (non-hydrogen) atoms. The quantitative estimate of drug-likeness (QED) is 0.723. The molecule has 0 amide bonds. The third-order valence-corrected chi connectivity index (χ3v) is 5.76. The van der Waals surface area contributed by atoms with E-state index < -0.39 is 0 Å². The number of rotatable bonds is 2. The summed E-state index contributed by atoms with van der Waals surface area (Å²) in [5.41, 5.74) is 11.5. The van der Waals surface area contributed by atoms with Crippen molar-refractivity contribution in [3.8, 4) is 0 Å². The van der Waals surface area contributed by atoms with Crippen LogP contribution < -0.4 is 10.6 Å². The molecule has 4 atom stereocenters. The minimum atomic E-state index is 0.612. The van der Waals surface area contributed by atoms with E-state index in [-0.39, 0.29) is 0 Å². The van der Waals surface area contributed by atoms with Gasteiger partial charge in [-0.1, -0.05) is 35.4 Å². The molecule has 0 aromatic heterocycles. The van der Waals surface area contributed by atoms with Gasteiger partial charge in [-0.3, -0.25) is 0 Å². The van der Waals surface area contributed by atoms with Crippen molar-refractivity contribution in [2.75, 3.05) is 0 Å². The SMILES string of the molecule is Cc1cc(C)c([C@@H]2N[C@H]2C)c(C)c1.Cc1cc(C)c([C@H]2N[C@@H]2C)c(C)c1. The Bertz CT molecular complexity index is 705. The van der Waals surface area contributed by atoms with Gasteiger partial charge in [0.2, 0.25) is 0 Å². The van der Waals surface area contributed by atoms with Crippen LogP contribution in [0.4, 0.5) is 0 Å². The molecule has 2 aromatic rings. The average Bonchev–Trinajstić information content (AvgIpc) is 3.38. The molecule has 0 saturated carbocycles. The summed E-state index contributed by atoms with van der Waals surface area (Å²) in [6, 6.07) is 11.6. The van der Waals surface area contributed by atoms with Crippen LogP contribution in [0.2, 0.25) is 0 Å². The van der Waals surface area contributed by atoms with Crippen molar-refractivity contribution in [3.05, 3.63) is 68.8 Å². The topological polar surface area (TPSA) is 43.9 Å². The monoisotopic (exact) mass is 350 g/mol. The predicted octanol–water partition coefficient (Wildman–Crippen LogP) is 5.29. The standard InChI is InChI=1S/2C12H17N/c2*1-7-5-8(2)11(9(3)6-7)12-10(4)13-12/h2*5-6,10,12-13H,1-4H3/t2*10-,12+/m10/s1. The summed E-state index contributed by atoms with van der Waals surface area (Å²) >= 11 is 0. The molecule has 0 unspecified atom stereocenters. The molecule has 2 aromatic carbocycles. The van der Waals surface area contributed by atoms with Crippen LogP contribution in [-0.2, 0) is 0 Å². The number of nitrogens with one attached hydrogen (secondary N) is 2. The second-order valence-corrected chi connectivity index (χ2v) is 8.49. The summed E-state index contributed by atoms with van der Waals surface area (Å²) < 4.78 is 0. The fraction of sp³-hybridized carbons (Fsp3) is 0.500. The molecule has 2 fully saturated rings. The Morgan fingerprint density at radius 2 is 0.769 bits per heavy atom. The Hall–Kier alpha value is -1.64. The van der Waals surface area contributed by atoms with Crippen molar-refractivity contribution >= 4 is 0 Å². The van der Waals surface area contributed by atoms with Crippen LogP contribution in [0.25, 0.3) is 0 Å². The molecular formula is C24H34N2. The highest BCUT2D eigenvalue weighted by Crippen LogP contribution is 2.35. The molecular weight excluding hydrogens is 316 g/mol. The van der Waals surface area contributed by atoms with E-state index >= 15 is 0 Å². The molecule has 0 bridgehead atoms. The van der Waals surface area contributed by atoms with E-state index in [0.29, 0.717) is 24.2 Å². The van der Waals surface area contributed by atoms with Gasteiger partial charge in [0.1, 0.15) is 0 Å². The highest BCUT2D eigenvalue weighted by molar-refractivity contribution is 5.43. The normalized spacial score (nSPS) is 26.2. The van der Waals surface area contributed by atoms with Gasteiger partial charge in [-0.05, 0) is 88.8 Å². The lowest BCUT2D eigenvalue weighted by Gasteiger charge is -2.09. The van der Waals surface area contributed by atoms with Gasteiger partial charge >= 0.3 is 0 Å². The molecule has 4 rings (SSSR count). The first-order chi connectivity index (χ1) is 12.2. The second-order valence-electron chi connectivity index (χ2n) is 8.49. The van der Waals surface area contributed by atoms with Gasteiger partial charge in [0.15, 0.2) is 0 Å². The van der Waals surface area contributed by atoms with E-state index in [9.17, 15) is 0 Å². The number of hydrogen-bond donors (Lipinski definition) is 2. The van der Waals surface area contributed by atoms with Crippen molar-refractivity contribution in [1.29, 1.82) is 0 Å². The summed E-state index contributed by atoms with van der Waals surface area (Å²) in [7, 11) is 0. The molecule has 0 radical (unpaired) electrons. The fourth-order valence-corrected chi connectivity index (χ4v) is 4.49. The Kier molecular flexibility index (Phi) is 5.28. The third-order valence-electron chi connectivity index (χ3n) is 5.76. The van der Waals surface area contributed by atoms with E-state index in [1.807, 2.05) is 0 Å². The van der Waals surface area contributed by atoms with E-state index in [0.717, 1.165) is 0 Å². The van der Waals surface area contributed by atoms with Crippen LogP contribution in [0.5, 0.6) is 0 Å². The molecule has 140 valence electrons. The molecule has 2 N–H and O–H groups in total. The average molecular weight is 351 g/mol. The second kappa shape index (κ2) is 7.17. The summed E-state index contributed by atoms with van der Waals surface area (Å²) in [6.07, 6.45) is 0. The molecule has 2 heterocycles. The zero-order valence-electron chi connectivity index (χ0n) is 17.6. The predicted molar refractivity (Wildman–Crippen MR) is 112 cm³/mol. The Morgan fingerprint density at radius 1 is 0.538 bits per heavy atom. The highest BCUT2D eigenvalue weighted by atomic mass is 15.1. The Balaban J connectivity index is 0.000000151. The minimum absolute atomic E-state index is 0.612. The fourth-order valence-electron chi connectivity index (χ4n) is 4.49. The highest BCUT2D eigenvalue weighted by Gasteiger charge is 2.35. The minimum Gasteiger partial charge on any atom is -0.304 e. The molecule has 2 saturated heterocycles. The van der Waals surface area contributed by atoms with Crippen LogP contribution in [0.3, 0.4) is 0 Å². The maximum atomic E-state index is 3.45. The first-order valence-electron chi connectivity index (χ1n) is 9.86. The van der Waals surface area contributed by atoms with Crippen LogP contribution in [0.1, 0.15) is 70.4 Å². The Labute approximate surface area is 159 Å². The van der Waals surface area contributed by atoms with E-state index in [4.69, 9.17) is 0 Å². The summed E-state index contributed by atoms with van der Waals surface area (Å²) in [5.74, 6) is 0. The first kappa shape index (κ1) is 19.1. The smallest absolute Gasteiger partial charge is 0.0481 e. The number of hydrogen-bond acceptors (Lipinski definition) is 2. The van der Waals surface area contributed by atoms with Crippen LogP contribution in [0, 0.1) is 41.5 Å². The van der Waals surface area contributed by atoms with Crippen molar-refractivity contribution in [2.24, 2.45) is 0 Å². The summed E-state index contributed by atoms with van der Waals surface area (Å²) in [5, 5.41) is 6.90. The lowest BCUT2D eigenvalue weighted by molar-refractivity contribution is 0.997. The van der Waals surface area contributed by atoms with Gasteiger partial charge in [-0.2, -0.15) is 0 Å². The van der Waals surface area contributed by atoms with E-state index in [1.165, 1.54) is 44.5 Å². The van der Waals surface area contributed by atoms with Crippen molar-refractivity contribution in [3.63, 3.8) is 0 Å². The lowest BCUT2D eigenvalue weighted by atomic mass is 9.96. The van der Waals surface area contributed by atoms with Gasteiger partial charge in [0.25, 0.3) is 0 Å². The Morgan fingerprint density at radius 3 is 0.962 bits per heavy atom. The largest absolute Gasteiger partial charge is 0.304 e. The maximum absolute atomic E-state index is 3.45. The maximum Gasteiger partial charge on any atom is 0.0481 e. The van der Waals surface area contributed by atoms with Gasteiger partial charge in [0.05, 0.1) is 0 Å². The van der Waals surface area contributed by atoms with Crippen LogP contribution >= 0.6 is 0 Å². The summed E-state index contributed by atoms with van der Waals surface area (Å²) in [6.45, 7) is 17.6. The summed E-state index contributed by atoms with van der Waals surface area (Å²) in [4.78, 5) is 0. The zero-order valence-corrected chi connectivity index (χ0v) is 17.6.